The molecule has 0 bridgehead atoms. The van der Waals surface area contributed by atoms with Crippen LogP contribution in [0.5, 0.6) is 11.5 Å². The number of aromatic hydroxyl groups is 1. The monoisotopic (exact) mass is 400 g/mol. The van der Waals surface area contributed by atoms with Gasteiger partial charge in [0.25, 0.3) is 0 Å². The summed E-state index contributed by atoms with van der Waals surface area (Å²) >= 11 is 3.39. The first-order valence-electron chi connectivity index (χ1n) is 7.63. The first kappa shape index (κ1) is 19.1. The average molecular weight is 401 g/mol. The normalized spacial score (nSPS) is 20.0. The van der Waals surface area contributed by atoms with Crippen LogP contribution in [0.4, 0.5) is 0 Å². The van der Waals surface area contributed by atoms with Crippen LogP contribution in [0.1, 0.15) is 45.5 Å². The van der Waals surface area contributed by atoms with Crippen molar-refractivity contribution in [3.8, 4) is 11.5 Å². The van der Waals surface area contributed by atoms with E-state index in [-0.39, 0.29) is 17.9 Å². The summed E-state index contributed by atoms with van der Waals surface area (Å²) in [6.45, 7) is 7.58. The van der Waals surface area contributed by atoms with E-state index in [9.17, 15) is 15.0 Å². The van der Waals surface area contributed by atoms with E-state index >= 15 is 0 Å². The molecule has 1 fully saturated rings. The minimum atomic E-state index is -1.01. The lowest BCUT2D eigenvalue weighted by molar-refractivity contribution is -0.137. The van der Waals surface area contributed by atoms with Crippen molar-refractivity contribution in [2.45, 2.75) is 51.1 Å². The van der Waals surface area contributed by atoms with Gasteiger partial charge in [0.2, 0.25) is 0 Å². The fourth-order valence-electron chi connectivity index (χ4n) is 2.66. The molecular formula is C16H22BBrO6. The van der Waals surface area contributed by atoms with Crippen LogP contribution in [0.2, 0.25) is 0 Å². The highest BCUT2D eigenvalue weighted by molar-refractivity contribution is 9.10. The minimum absolute atomic E-state index is 0.118. The number of phenolic OH excluding ortho intramolecular Hbond substituents is 1. The molecule has 0 saturated carbocycles. The van der Waals surface area contributed by atoms with Crippen LogP contribution in [-0.4, -0.2) is 41.6 Å². The maximum absolute atomic E-state index is 11.4. The van der Waals surface area contributed by atoms with E-state index < -0.39 is 30.1 Å². The van der Waals surface area contributed by atoms with Crippen LogP contribution < -0.4 is 4.74 Å². The fraction of sp³-hybridized carbons (Fsp3) is 0.562. The van der Waals surface area contributed by atoms with Crippen LogP contribution in [-0.2, 0) is 14.1 Å². The van der Waals surface area contributed by atoms with E-state index in [0.717, 1.165) is 0 Å². The van der Waals surface area contributed by atoms with Crippen molar-refractivity contribution in [2.24, 2.45) is 0 Å². The molecule has 1 heterocycles. The molecule has 2 rings (SSSR count). The molecule has 1 aliphatic rings. The molecule has 132 valence electrons. The zero-order valence-corrected chi connectivity index (χ0v) is 16.0. The number of aliphatic carboxylic acids is 1. The summed E-state index contributed by atoms with van der Waals surface area (Å²) in [7, 11) is 0.633. The highest BCUT2D eigenvalue weighted by atomic mass is 79.9. The summed E-state index contributed by atoms with van der Waals surface area (Å²) in [6, 6.07) is 3.30. The van der Waals surface area contributed by atoms with Crippen molar-refractivity contribution in [1.82, 2.24) is 0 Å². The maximum atomic E-state index is 11.4. The second kappa shape index (κ2) is 6.57. The number of methoxy groups -OCH3 is 1. The zero-order valence-electron chi connectivity index (χ0n) is 14.4. The number of carbonyl (C=O) groups is 1. The molecule has 24 heavy (non-hydrogen) atoms. The molecule has 1 atom stereocenters. The maximum Gasteiger partial charge on any atom is 0.466 e. The number of carboxylic acid groups (broad SMARTS) is 1. The van der Waals surface area contributed by atoms with Gasteiger partial charge in [0.05, 0.1) is 24.7 Å². The molecule has 0 spiro atoms. The number of phenols is 1. The molecule has 1 aromatic rings. The Balaban J connectivity index is 2.50. The fourth-order valence-corrected chi connectivity index (χ4v) is 3.27. The number of carboxylic acids is 1. The predicted octanol–water partition coefficient (Wildman–Crippen LogP) is 3.35. The van der Waals surface area contributed by atoms with Gasteiger partial charge in [-0.1, -0.05) is 15.9 Å². The summed E-state index contributed by atoms with van der Waals surface area (Å²) in [4.78, 5) is 11.4. The standard InChI is InChI=1S/C16H22BBrO6/c1-15(2)16(3,4)24-17(23-15)9(8-12(19)20)13-10(18)6-7-11(22-5)14(13)21/h6-7,9,21H,8H2,1-5H3,(H,19,20). The summed E-state index contributed by atoms with van der Waals surface area (Å²) < 4.78 is 17.7. The molecule has 0 radical (unpaired) electrons. The summed E-state index contributed by atoms with van der Waals surface area (Å²) in [5, 5.41) is 19.8. The Morgan fingerprint density at radius 1 is 1.29 bits per heavy atom. The number of ether oxygens (including phenoxy) is 1. The molecule has 1 aliphatic heterocycles. The molecular weight excluding hydrogens is 379 g/mol. The first-order valence-corrected chi connectivity index (χ1v) is 8.42. The third-order valence-electron chi connectivity index (χ3n) is 4.71. The van der Waals surface area contributed by atoms with E-state index in [2.05, 4.69) is 15.9 Å². The molecule has 1 unspecified atom stereocenters. The topological polar surface area (TPSA) is 85.2 Å². The lowest BCUT2D eigenvalue weighted by atomic mass is 9.66. The summed E-state index contributed by atoms with van der Waals surface area (Å²) in [5.74, 6) is -1.56. The van der Waals surface area contributed by atoms with Crippen molar-refractivity contribution in [2.75, 3.05) is 7.11 Å². The van der Waals surface area contributed by atoms with E-state index in [4.69, 9.17) is 14.0 Å². The smallest absolute Gasteiger partial charge is 0.466 e. The van der Waals surface area contributed by atoms with Crippen molar-refractivity contribution in [3.63, 3.8) is 0 Å². The molecule has 6 nitrogen and oxygen atoms in total. The Morgan fingerprint density at radius 2 is 1.83 bits per heavy atom. The van der Waals surface area contributed by atoms with Crippen molar-refractivity contribution in [3.05, 3.63) is 22.2 Å². The van der Waals surface area contributed by atoms with Crippen LogP contribution in [0, 0.1) is 0 Å². The number of halogens is 1. The zero-order chi connectivity index (χ0) is 18.3. The Kier molecular flexibility index (Phi) is 5.23. The van der Waals surface area contributed by atoms with E-state index in [0.29, 0.717) is 10.0 Å². The second-order valence-corrected chi connectivity index (χ2v) is 7.70. The summed E-state index contributed by atoms with van der Waals surface area (Å²) in [5.41, 5.74) is -0.805. The molecule has 1 aromatic carbocycles. The lowest BCUT2D eigenvalue weighted by Gasteiger charge is -2.32. The SMILES string of the molecule is COc1ccc(Br)c(C(CC(=O)O)B2OC(C)(C)C(C)(C)O2)c1O. The minimum Gasteiger partial charge on any atom is -0.504 e. The van der Waals surface area contributed by atoms with E-state index in [1.54, 1.807) is 12.1 Å². The molecule has 1 saturated heterocycles. The number of hydrogen-bond acceptors (Lipinski definition) is 5. The number of rotatable bonds is 5. The largest absolute Gasteiger partial charge is 0.504 e. The van der Waals surface area contributed by atoms with E-state index in [1.165, 1.54) is 7.11 Å². The van der Waals surface area contributed by atoms with Crippen molar-refractivity contribution in [1.29, 1.82) is 0 Å². The van der Waals surface area contributed by atoms with Gasteiger partial charge in [-0.25, -0.2) is 0 Å². The Bertz CT molecular complexity index is 630. The first-order chi connectivity index (χ1) is 11.0. The van der Waals surface area contributed by atoms with Crippen LogP contribution >= 0.6 is 15.9 Å². The van der Waals surface area contributed by atoms with Gasteiger partial charge in [0.1, 0.15) is 0 Å². The second-order valence-electron chi connectivity index (χ2n) is 6.84. The molecule has 2 N–H and O–H groups in total. The molecule has 0 aliphatic carbocycles. The number of benzene rings is 1. The average Bonchev–Trinajstić information content (AvgIpc) is 2.66. The van der Waals surface area contributed by atoms with Crippen LogP contribution in [0.25, 0.3) is 0 Å². The molecule has 8 heteroatoms. The third-order valence-corrected chi connectivity index (χ3v) is 5.40. The van der Waals surface area contributed by atoms with Gasteiger partial charge in [-0.2, -0.15) is 0 Å². The van der Waals surface area contributed by atoms with Crippen molar-refractivity contribution < 1.29 is 29.1 Å². The van der Waals surface area contributed by atoms with Crippen molar-refractivity contribution >= 4 is 29.0 Å². The van der Waals surface area contributed by atoms with Crippen LogP contribution in [0.15, 0.2) is 16.6 Å². The lowest BCUT2D eigenvalue weighted by Crippen LogP contribution is -2.41. The predicted molar refractivity (Wildman–Crippen MR) is 93.4 cm³/mol. The Labute approximate surface area is 150 Å². The summed E-state index contributed by atoms with van der Waals surface area (Å²) in [6.07, 6.45) is -0.254. The van der Waals surface area contributed by atoms with Crippen LogP contribution in [0.3, 0.4) is 0 Å². The Morgan fingerprint density at radius 3 is 2.29 bits per heavy atom. The van der Waals surface area contributed by atoms with Gasteiger partial charge < -0.3 is 24.3 Å². The van der Waals surface area contributed by atoms with Gasteiger partial charge in [0.15, 0.2) is 11.5 Å². The number of hydrogen-bond donors (Lipinski definition) is 2. The van der Waals surface area contributed by atoms with Gasteiger partial charge in [-0.15, -0.1) is 0 Å². The van der Waals surface area contributed by atoms with Gasteiger partial charge in [-0.3, -0.25) is 4.79 Å². The quantitative estimate of drug-likeness (QED) is 0.737. The highest BCUT2D eigenvalue weighted by Crippen LogP contribution is 2.47. The van der Waals surface area contributed by atoms with Gasteiger partial charge in [-0.05, 0) is 39.8 Å². The highest BCUT2D eigenvalue weighted by Gasteiger charge is 2.55. The van der Waals surface area contributed by atoms with E-state index in [1.807, 2.05) is 27.7 Å². The third kappa shape index (κ3) is 3.41. The molecule has 0 amide bonds. The van der Waals surface area contributed by atoms with Gasteiger partial charge in [0, 0.05) is 15.9 Å². The van der Waals surface area contributed by atoms with Gasteiger partial charge >= 0.3 is 13.1 Å². The molecule has 0 aromatic heterocycles. The Hall–Kier alpha value is -1.25.